The van der Waals surface area contributed by atoms with E-state index in [0.29, 0.717) is 0 Å². The van der Waals surface area contributed by atoms with Gasteiger partial charge in [0.25, 0.3) is 0 Å². The van der Waals surface area contributed by atoms with Crippen LogP contribution >= 0.6 is 11.6 Å². The zero-order valence-electron chi connectivity index (χ0n) is 21.5. The van der Waals surface area contributed by atoms with E-state index >= 15 is 0 Å². The van der Waals surface area contributed by atoms with Gasteiger partial charge in [0.1, 0.15) is 5.83 Å². The van der Waals surface area contributed by atoms with E-state index in [0.717, 1.165) is 34.6 Å². The lowest BCUT2D eigenvalue weighted by Crippen LogP contribution is -2.01. The molecule has 1 unspecified atom stereocenters. The largest absolute Gasteiger partial charge is 0.392 e. The van der Waals surface area contributed by atoms with Crippen molar-refractivity contribution in [3.05, 3.63) is 93.5 Å². The van der Waals surface area contributed by atoms with Gasteiger partial charge in [0.05, 0.1) is 12.8 Å². The Kier molecular flexibility index (Phi) is 11.9. The van der Waals surface area contributed by atoms with Gasteiger partial charge < -0.3 is 10.1 Å². The molecule has 3 aromatic rings. The monoisotopic (exact) mass is 496 g/mol. The van der Waals surface area contributed by atoms with E-state index in [-0.39, 0.29) is 18.4 Å². The third-order valence-corrected chi connectivity index (χ3v) is 6.18. The maximum atomic E-state index is 12.4. The zero-order valence-corrected chi connectivity index (χ0v) is 22.3. The number of aryl methyl sites for hydroxylation is 1. The van der Waals surface area contributed by atoms with Crippen LogP contribution < -0.4 is 0 Å². The summed E-state index contributed by atoms with van der Waals surface area (Å²) in [6.45, 7) is 10.0. The Morgan fingerprint density at radius 2 is 1.89 bits per heavy atom. The summed E-state index contributed by atoms with van der Waals surface area (Å²) < 4.78 is 12.4. The maximum absolute atomic E-state index is 12.4. The molecular weight excluding hydrogens is 459 g/mol. The number of aliphatic hydroxyl groups is 1. The minimum absolute atomic E-state index is 0.0846. The van der Waals surface area contributed by atoms with Crippen molar-refractivity contribution in [2.24, 2.45) is 4.99 Å². The van der Waals surface area contributed by atoms with Crippen LogP contribution in [-0.4, -0.2) is 16.3 Å². The first-order chi connectivity index (χ1) is 16.8. The van der Waals surface area contributed by atoms with E-state index < -0.39 is 0 Å². The summed E-state index contributed by atoms with van der Waals surface area (Å²) in [5.41, 5.74) is 6.86. The summed E-state index contributed by atoms with van der Waals surface area (Å²) in [5.74, 6) is -0.0235. The molecule has 35 heavy (non-hydrogen) atoms. The lowest BCUT2D eigenvalue weighted by Gasteiger charge is -2.14. The second kappa shape index (κ2) is 14.7. The van der Waals surface area contributed by atoms with E-state index in [1.807, 2.05) is 38.1 Å². The molecule has 0 saturated heterocycles. The Morgan fingerprint density at radius 3 is 2.49 bits per heavy atom. The highest BCUT2D eigenvalue weighted by Gasteiger charge is 2.18. The van der Waals surface area contributed by atoms with Gasteiger partial charge in [-0.25, -0.2) is 4.39 Å². The van der Waals surface area contributed by atoms with Gasteiger partial charge in [0, 0.05) is 33.2 Å². The first-order valence-electron chi connectivity index (χ1n) is 12.4. The number of benzene rings is 2. The van der Waals surface area contributed by atoms with Gasteiger partial charge in [-0.15, -0.1) is 0 Å². The van der Waals surface area contributed by atoms with E-state index in [1.54, 1.807) is 6.92 Å². The van der Waals surface area contributed by atoms with E-state index in [1.165, 1.54) is 47.3 Å². The number of aliphatic imine (C=N–C) groups is 1. The minimum atomic E-state index is -0.297. The lowest BCUT2D eigenvalue weighted by atomic mass is 9.92. The molecule has 0 spiro atoms. The number of fused-ring (bicyclic) bond motifs is 1. The van der Waals surface area contributed by atoms with E-state index in [4.69, 9.17) is 11.6 Å². The van der Waals surface area contributed by atoms with Crippen LogP contribution in [0.5, 0.6) is 0 Å². The molecule has 0 bridgehead atoms. The van der Waals surface area contributed by atoms with E-state index in [9.17, 15) is 9.50 Å². The predicted octanol–water partition coefficient (Wildman–Crippen LogP) is 9.05. The van der Waals surface area contributed by atoms with Crippen LogP contribution in [0.4, 0.5) is 4.39 Å². The lowest BCUT2D eigenvalue weighted by molar-refractivity contribution is 0.282. The number of unbranched alkanes of at least 4 members (excludes halogenated alkanes) is 1. The second-order valence-electron chi connectivity index (χ2n) is 8.62. The molecule has 2 aromatic carbocycles. The van der Waals surface area contributed by atoms with Crippen molar-refractivity contribution in [1.29, 1.82) is 0 Å². The van der Waals surface area contributed by atoms with Crippen LogP contribution in [0.15, 0.2) is 71.1 Å². The number of halogens is 2. The summed E-state index contributed by atoms with van der Waals surface area (Å²) in [4.78, 5) is 7.50. The normalized spacial score (nSPS) is 13.3. The molecule has 0 amide bonds. The van der Waals surface area contributed by atoms with Gasteiger partial charge in [0.2, 0.25) is 0 Å². The van der Waals surface area contributed by atoms with Crippen molar-refractivity contribution in [2.75, 3.05) is 0 Å². The van der Waals surface area contributed by atoms with Crippen molar-refractivity contribution in [3.8, 4) is 0 Å². The molecule has 0 aliphatic rings. The summed E-state index contributed by atoms with van der Waals surface area (Å²) in [6.07, 6.45) is 8.88. The Morgan fingerprint density at radius 1 is 1.17 bits per heavy atom. The Hall–Kier alpha value is -2.69. The predicted molar refractivity (Wildman–Crippen MR) is 149 cm³/mol. The van der Waals surface area contributed by atoms with Gasteiger partial charge in [-0.05, 0) is 68.0 Å². The molecule has 0 saturated carbocycles. The van der Waals surface area contributed by atoms with Crippen LogP contribution in [0, 0.1) is 0 Å². The molecule has 1 aromatic heterocycles. The van der Waals surface area contributed by atoms with Crippen molar-refractivity contribution >= 4 is 28.7 Å². The van der Waals surface area contributed by atoms with Crippen LogP contribution in [0.1, 0.15) is 82.2 Å². The molecule has 0 aliphatic carbocycles. The average Bonchev–Trinajstić information content (AvgIpc) is 3.23. The first-order valence-corrected chi connectivity index (χ1v) is 12.7. The van der Waals surface area contributed by atoms with Crippen molar-refractivity contribution in [3.63, 3.8) is 0 Å². The van der Waals surface area contributed by atoms with Crippen LogP contribution in [0.25, 0.3) is 10.9 Å². The summed E-state index contributed by atoms with van der Waals surface area (Å²) >= 11 is 6.23. The maximum Gasteiger partial charge on any atom is 0.137 e. The van der Waals surface area contributed by atoms with Crippen LogP contribution in [0.2, 0.25) is 5.02 Å². The molecule has 3 rings (SSSR count). The Labute approximate surface area is 214 Å². The number of aromatic nitrogens is 1. The first kappa shape index (κ1) is 28.5. The number of hydrogen-bond donors (Lipinski definition) is 2. The van der Waals surface area contributed by atoms with Gasteiger partial charge >= 0.3 is 0 Å². The molecule has 0 aliphatic heterocycles. The number of hydrogen-bond acceptors (Lipinski definition) is 2. The fourth-order valence-corrected chi connectivity index (χ4v) is 4.07. The SMILES string of the molecule is CCCCc1c(C(C)c2ccc(CO)cc2)[nH]c2ccc(Cl)cc12.C\C=C(F)/C=N/C(C)=C/CC. The topological polar surface area (TPSA) is 48.4 Å². The highest BCUT2D eigenvalue weighted by atomic mass is 35.5. The molecule has 0 fully saturated rings. The average molecular weight is 497 g/mol. The molecule has 0 radical (unpaired) electrons. The number of H-pyrrole nitrogens is 1. The van der Waals surface area contributed by atoms with Crippen molar-refractivity contribution < 1.29 is 9.50 Å². The summed E-state index contributed by atoms with van der Waals surface area (Å²) in [7, 11) is 0. The molecule has 5 heteroatoms. The molecule has 1 atom stereocenters. The fourth-order valence-electron chi connectivity index (χ4n) is 3.90. The summed E-state index contributed by atoms with van der Waals surface area (Å²) in [5, 5.41) is 11.3. The number of nitrogens with one attached hydrogen (secondary N) is 1. The smallest absolute Gasteiger partial charge is 0.137 e. The molecule has 188 valence electrons. The van der Waals surface area contributed by atoms with Gasteiger partial charge in [0.15, 0.2) is 0 Å². The molecule has 2 N–H and O–H groups in total. The van der Waals surface area contributed by atoms with E-state index in [2.05, 4.69) is 48.1 Å². The number of allylic oxidation sites excluding steroid dienone is 4. The third kappa shape index (κ3) is 8.48. The Bertz CT molecular complexity index is 1160. The van der Waals surface area contributed by atoms with Crippen LogP contribution in [-0.2, 0) is 13.0 Å². The molecular formula is C30H38ClFN2O. The fraction of sp³-hybridized carbons (Fsp3) is 0.367. The van der Waals surface area contributed by atoms with Crippen LogP contribution in [0.3, 0.4) is 0 Å². The number of aromatic amines is 1. The van der Waals surface area contributed by atoms with Crippen molar-refractivity contribution in [1.82, 2.24) is 4.98 Å². The molecule has 3 nitrogen and oxygen atoms in total. The highest BCUT2D eigenvalue weighted by Crippen LogP contribution is 2.34. The number of nitrogens with zero attached hydrogens (tertiary/aromatic N) is 1. The third-order valence-electron chi connectivity index (χ3n) is 5.94. The second-order valence-corrected chi connectivity index (χ2v) is 9.05. The summed E-state index contributed by atoms with van der Waals surface area (Å²) in [6, 6.07) is 14.3. The van der Waals surface area contributed by atoms with Gasteiger partial charge in [-0.3, -0.25) is 4.99 Å². The van der Waals surface area contributed by atoms with Gasteiger partial charge in [-0.2, -0.15) is 0 Å². The molecule has 1 heterocycles. The van der Waals surface area contributed by atoms with Gasteiger partial charge in [-0.1, -0.05) is 75.2 Å². The Balaban J connectivity index is 0.000000334. The number of aliphatic hydroxyl groups excluding tert-OH is 1. The standard InChI is InChI=1S/C21H24ClNO.C9H14FN/c1-3-4-5-18-19-12-17(22)10-11-20(19)23-21(18)14(2)16-8-6-15(13-24)7-9-16;1-4-6-8(3)11-7-9(10)5-2/h6-12,14,23-24H,3-5,13H2,1-2H3;5-7H,4H2,1-3H3/b;8-6+,9-5+,11-7+. The quantitative estimate of drug-likeness (QED) is 0.285. The minimum Gasteiger partial charge on any atom is -0.392 e. The van der Waals surface area contributed by atoms with Crippen molar-refractivity contribution in [2.45, 2.75) is 72.8 Å². The zero-order chi connectivity index (χ0) is 25.8. The highest BCUT2D eigenvalue weighted by molar-refractivity contribution is 6.31. The number of rotatable bonds is 9.